The maximum absolute atomic E-state index is 6.37. The van der Waals surface area contributed by atoms with E-state index in [2.05, 4.69) is 73.8 Å². The van der Waals surface area contributed by atoms with Gasteiger partial charge in [-0.15, -0.1) is 0 Å². The van der Waals surface area contributed by atoms with Crippen molar-refractivity contribution in [1.82, 2.24) is 5.32 Å². The molecule has 0 aromatic heterocycles. The third-order valence-corrected chi connectivity index (χ3v) is 5.13. The van der Waals surface area contributed by atoms with Crippen molar-refractivity contribution < 1.29 is 4.74 Å². The first-order valence-corrected chi connectivity index (χ1v) is 8.81. The Balaban J connectivity index is 1.72. The average Bonchev–Trinajstić information content (AvgIpc) is 2.62. The average molecular weight is 309 g/mol. The molecular weight excluding hydrogens is 282 g/mol. The highest BCUT2D eigenvalue weighted by Crippen LogP contribution is 2.42. The van der Waals surface area contributed by atoms with Gasteiger partial charge >= 0.3 is 0 Å². The summed E-state index contributed by atoms with van der Waals surface area (Å²) in [5.41, 5.74) is 2.66. The smallest absolute Gasteiger partial charge is 0.124 e. The Morgan fingerprint density at radius 1 is 1.00 bits per heavy atom. The largest absolute Gasteiger partial charge is 0.487 e. The maximum atomic E-state index is 6.37. The molecule has 2 nitrogen and oxygen atoms in total. The monoisotopic (exact) mass is 309 g/mol. The standard InChI is InChI=1S/C21H27NO/c1-3-21(4-2)16-19(18-12-8-9-13-20(18)23-21)22-15-14-17-10-6-5-7-11-17/h5-13,19,22H,3-4,14-16H2,1-2H3. The lowest BCUT2D eigenvalue weighted by Crippen LogP contribution is -2.43. The van der Waals surface area contributed by atoms with Crippen LogP contribution in [0.3, 0.4) is 0 Å². The summed E-state index contributed by atoms with van der Waals surface area (Å²) < 4.78 is 6.37. The van der Waals surface area contributed by atoms with Crippen molar-refractivity contribution in [3.8, 4) is 5.75 Å². The van der Waals surface area contributed by atoms with Crippen LogP contribution in [-0.4, -0.2) is 12.1 Å². The topological polar surface area (TPSA) is 21.3 Å². The molecule has 1 aliphatic heterocycles. The highest BCUT2D eigenvalue weighted by molar-refractivity contribution is 5.39. The van der Waals surface area contributed by atoms with Crippen LogP contribution < -0.4 is 10.1 Å². The van der Waals surface area contributed by atoms with Gasteiger partial charge in [0.15, 0.2) is 0 Å². The zero-order valence-electron chi connectivity index (χ0n) is 14.2. The molecule has 2 heteroatoms. The SMILES string of the molecule is CCC1(CC)CC(NCCc2ccccc2)c2ccccc2O1. The van der Waals surface area contributed by atoms with Crippen LogP contribution in [0.2, 0.25) is 0 Å². The van der Waals surface area contributed by atoms with E-state index in [0.717, 1.165) is 38.0 Å². The Morgan fingerprint density at radius 2 is 1.70 bits per heavy atom. The van der Waals surface area contributed by atoms with Gasteiger partial charge in [0.1, 0.15) is 11.4 Å². The first-order valence-electron chi connectivity index (χ1n) is 8.81. The predicted octanol–water partition coefficient (Wildman–Crippen LogP) is 4.90. The summed E-state index contributed by atoms with van der Waals surface area (Å²) in [6.07, 6.45) is 4.21. The van der Waals surface area contributed by atoms with E-state index in [1.807, 2.05) is 0 Å². The molecule has 122 valence electrons. The number of ether oxygens (including phenoxy) is 1. The van der Waals surface area contributed by atoms with Crippen molar-refractivity contribution in [2.24, 2.45) is 0 Å². The highest BCUT2D eigenvalue weighted by Gasteiger charge is 2.37. The zero-order valence-corrected chi connectivity index (χ0v) is 14.2. The fraction of sp³-hybridized carbons (Fsp3) is 0.429. The molecule has 2 aromatic carbocycles. The molecule has 0 amide bonds. The van der Waals surface area contributed by atoms with Gasteiger partial charge in [0.2, 0.25) is 0 Å². The fourth-order valence-electron chi connectivity index (χ4n) is 3.52. The maximum Gasteiger partial charge on any atom is 0.124 e. The van der Waals surface area contributed by atoms with Gasteiger partial charge in [0, 0.05) is 18.0 Å². The van der Waals surface area contributed by atoms with Crippen LogP contribution in [0.1, 0.15) is 50.3 Å². The number of para-hydroxylation sites is 1. The number of benzene rings is 2. The quantitative estimate of drug-likeness (QED) is 0.819. The lowest BCUT2D eigenvalue weighted by molar-refractivity contribution is 0.0229. The molecule has 0 saturated carbocycles. The van der Waals surface area contributed by atoms with Crippen LogP contribution in [0.5, 0.6) is 5.75 Å². The molecule has 0 radical (unpaired) electrons. The number of rotatable bonds is 6. The second-order valence-electron chi connectivity index (χ2n) is 6.48. The van der Waals surface area contributed by atoms with E-state index < -0.39 is 0 Å². The van der Waals surface area contributed by atoms with Crippen LogP contribution in [0, 0.1) is 0 Å². The van der Waals surface area contributed by atoms with Crippen LogP contribution in [0.25, 0.3) is 0 Å². The van der Waals surface area contributed by atoms with E-state index in [4.69, 9.17) is 4.74 Å². The number of hydrogen-bond acceptors (Lipinski definition) is 2. The van der Waals surface area contributed by atoms with Crippen molar-refractivity contribution in [2.45, 2.75) is 51.2 Å². The van der Waals surface area contributed by atoms with Crippen molar-refractivity contribution in [3.63, 3.8) is 0 Å². The summed E-state index contributed by atoms with van der Waals surface area (Å²) in [5.74, 6) is 1.06. The Hall–Kier alpha value is -1.80. The van der Waals surface area contributed by atoms with E-state index in [1.54, 1.807) is 0 Å². The Morgan fingerprint density at radius 3 is 2.43 bits per heavy atom. The van der Waals surface area contributed by atoms with Gasteiger partial charge in [-0.1, -0.05) is 62.4 Å². The van der Waals surface area contributed by atoms with E-state index in [1.165, 1.54) is 11.1 Å². The van der Waals surface area contributed by atoms with Crippen molar-refractivity contribution in [1.29, 1.82) is 0 Å². The van der Waals surface area contributed by atoms with Crippen molar-refractivity contribution in [2.75, 3.05) is 6.54 Å². The lowest BCUT2D eigenvalue weighted by atomic mass is 9.83. The summed E-state index contributed by atoms with van der Waals surface area (Å²) in [7, 11) is 0. The molecule has 1 aliphatic rings. The first kappa shape index (κ1) is 16.1. The molecule has 3 rings (SSSR count). The molecule has 1 unspecified atom stereocenters. The summed E-state index contributed by atoms with van der Waals surface area (Å²) >= 11 is 0. The lowest BCUT2D eigenvalue weighted by Gasteiger charge is -2.42. The molecule has 0 spiro atoms. The Labute approximate surface area is 139 Å². The van der Waals surface area contributed by atoms with E-state index >= 15 is 0 Å². The third-order valence-electron chi connectivity index (χ3n) is 5.13. The molecular formula is C21H27NO. The number of fused-ring (bicyclic) bond motifs is 1. The predicted molar refractivity (Wildman–Crippen MR) is 95.9 cm³/mol. The molecule has 1 heterocycles. The van der Waals surface area contributed by atoms with E-state index in [-0.39, 0.29) is 5.60 Å². The van der Waals surface area contributed by atoms with E-state index in [0.29, 0.717) is 6.04 Å². The minimum absolute atomic E-state index is 0.0290. The molecule has 0 fully saturated rings. The van der Waals surface area contributed by atoms with Gasteiger partial charge in [-0.25, -0.2) is 0 Å². The molecule has 1 N–H and O–H groups in total. The van der Waals surface area contributed by atoms with Crippen molar-refractivity contribution >= 4 is 0 Å². The van der Waals surface area contributed by atoms with Crippen LogP contribution in [0.4, 0.5) is 0 Å². The fourth-order valence-corrected chi connectivity index (χ4v) is 3.52. The van der Waals surface area contributed by atoms with E-state index in [9.17, 15) is 0 Å². The van der Waals surface area contributed by atoms with Gasteiger partial charge in [-0.3, -0.25) is 0 Å². The molecule has 23 heavy (non-hydrogen) atoms. The van der Waals surface area contributed by atoms with Gasteiger partial charge in [-0.05, 0) is 37.4 Å². The van der Waals surface area contributed by atoms with Crippen molar-refractivity contribution in [3.05, 3.63) is 65.7 Å². The zero-order chi connectivity index (χ0) is 16.1. The summed E-state index contributed by atoms with van der Waals surface area (Å²) in [6.45, 7) is 5.46. The Kier molecular flexibility index (Phi) is 5.02. The van der Waals surface area contributed by atoms with Crippen LogP contribution in [0.15, 0.2) is 54.6 Å². The molecule has 0 bridgehead atoms. The normalized spacial score (nSPS) is 19.0. The summed E-state index contributed by atoms with van der Waals surface area (Å²) in [5, 5.41) is 3.77. The third kappa shape index (κ3) is 3.59. The highest BCUT2D eigenvalue weighted by atomic mass is 16.5. The first-order chi connectivity index (χ1) is 11.3. The van der Waals surface area contributed by atoms with Crippen LogP contribution in [-0.2, 0) is 6.42 Å². The second-order valence-corrected chi connectivity index (χ2v) is 6.48. The number of hydrogen-bond donors (Lipinski definition) is 1. The molecule has 2 aromatic rings. The van der Waals surface area contributed by atoms with Gasteiger partial charge in [0.25, 0.3) is 0 Å². The molecule has 0 saturated heterocycles. The summed E-state index contributed by atoms with van der Waals surface area (Å²) in [6, 6.07) is 19.6. The van der Waals surface area contributed by atoms with Gasteiger partial charge in [-0.2, -0.15) is 0 Å². The minimum atomic E-state index is -0.0290. The Bertz CT molecular complexity index is 619. The second kappa shape index (κ2) is 7.18. The number of nitrogens with one attached hydrogen (secondary N) is 1. The summed E-state index contributed by atoms with van der Waals surface area (Å²) in [4.78, 5) is 0. The molecule has 1 atom stereocenters. The van der Waals surface area contributed by atoms with Gasteiger partial charge in [0.05, 0.1) is 0 Å². The minimum Gasteiger partial charge on any atom is -0.487 e. The van der Waals surface area contributed by atoms with Gasteiger partial charge < -0.3 is 10.1 Å². The van der Waals surface area contributed by atoms with Crippen LogP contribution >= 0.6 is 0 Å². The molecule has 0 aliphatic carbocycles.